The molecule has 58 heavy (non-hydrogen) atoms. The highest BCUT2D eigenvalue weighted by Gasteiger charge is 2.22. The zero-order chi connectivity index (χ0) is 39.0. The predicted octanol–water partition coefficient (Wildman–Crippen LogP) is 16.4. The van der Waals surface area contributed by atoms with Gasteiger partial charge in [-0.25, -0.2) is 0 Å². The Bertz CT molecular complexity index is 2880. The molecule has 0 radical (unpaired) electrons. The van der Waals surface area contributed by atoms with Gasteiger partial charge in [0.25, 0.3) is 0 Å². The average molecular weight is 739 g/mol. The van der Waals surface area contributed by atoms with Gasteiger partial charge < -0.3 is 0 Å². The third-order valence-corrected chi connectivity index (χ3v) is 11.7. The van der Waals surface area contributed by atoms with Crippen molar-refractivity contribution in [1.82, 2.24) is 0 Å². The molecule has 0 unspecified atom stereocenters. The Labute approximate surface area is 340 Å². The van der Waals surface area contributed by atoms with Crippen LogP contribution in [0.4, 0.5) is 0 Å². The fourth-order valence-electron chi connectivity index (χ4n) is 9.05. The van der Waals surface area contributed by atoms with Crippen molar-refractivity contribution < 1.29 is 0 Å². The van der Waals surface area contributed by atoms with E-state index < -0.39 is 0 Å². The number of fused-ring (bicyclic) bond motifs is 4. The van der Waals surface area contributed by atoms with E-state index in [9.17, 15) is 0 Å². The molecule has 0 amide bonds. The zero-order valence-electron chi connectivity index (χ0n) is 32.8. The summed E-state index contributed by atoms with van der Waals surface area (Å²) < 4.78 is 0. The van der Waals surface area contributed by atoms with Crippen LogP contribution in [0.3, 0.4) is 0 Å². The Balaban J connectivity index is 1.22. The zero-order valence-corrected chi connectivity index (χ0v) is 32.8. The summed E-state index contributed by atoms with van der Waals surface area (Å²) in [4.78, 5) is 0. The Morgan fingerprint density at radius 2 is 0.552 bits per heavy atom. The van der Waals surface area contributed by atoms with Gasteiger partial charge in [0.1, 0.15) is 0 Å². The second-order valence-electron chi connectivity index (χ2n) is 15.3. The first-order chi connectivity index (χ1) is 28.6. The molecule has 0 saturated carbocycles. The van der Waals surface area contributed by atoms with Crippen LogP contribution in [0, 0.1) is 0 Å². The lowest BCUT2D eigenvalue weighted by atomic mass is 9.81. The molecule has 0 spiro atoms. The molecule has 0 saturated heterocycles. The molecule has 0 atom stereocenters. The van der Waals surface area contributed by atoms with Crippen molar-refractivity contribution in [2.24, 2.45) is 0 Å². The molecule has 10 aromatic carbocycles. The molecule has 0 fully saturated rings. The van der Waals surface area contributed by atoms with E-state index in [4.69, 9.17) is 0 Å². The second-order valence-corrected chi connectivity index (χ2v) is 15.3. The fourth-order valence-corrected chi connectivity index (χ4v) is 9.05. The number of hydrogen-bond donors (Lipinski definition) is 0. The lowest BCUT2D eigenvalue weighted by molar-refractivity contribution is 1.57. The molecule has 0 aliphatic heterocycles. The van der Waals surface area contributed by atoms with E-state index in [0.29, 0.717) is 0 Å². The summed E-state index contributed by atoms with van der Waals surface area (Å²) in [6.45, 7) is 4.39. The van der Waals surface area contributed by atoms with Crippen LogP contribution in [0.5, 0.6) is 0 Å². The van der Waals surface area contributed by atoms with Crippen LogP contribution in [0.1, 0.15) is 36.1 Å². The summed E-state index contributed by atoms with van der Waals surface area (Å²) in [5.74, 6) is 0. The van der Waals surface area contributed by atoms with Crippen molar-refractivity contribution in [3.05, 3.63) is 229 Å². The predicted molar refractivity (Wildman–Crippen MR) is 253 cm³/mol. The molecule has 0 N–H and O–H groups in total. The Morgan fingerprint density at radius 1 is 0.276 bits per heavy atom. The van der Waals surface area contributed by atoms with E-state index in [1.54, 1.807) is 0 Å². The van der Waals surface area contributed by atoms with Gasteiger partial charge in [0.05, 0.1) is 0 Å². The summed E-state index contributed by atoms with van der Waals surface area (Å²) in [5, 5.41) is 10.0. The summed E-state index contributed by atoms with van der Waals surface area (Å²) in [6.07, 6.45) is 4.60. The summed E-state index contributed by atoms with van der Waals surface area (Å²) in [6, 6.07) is 75.4. The van der Waals surface area contributed by atoms with Gasteiger partial charge in [-0.3, -0.25) is 0 Å². The van der Waals surface area contributed by atoms with Crippen LogP contribution in [0.25, 0.3) is 99.8 Å². The van der Waals surface area contributed by atoms with Crippen LogP contribution < -0.4 is 0 Å². The Morgan fingerprint density at radius 3 is 0.862 bits per heavy atom. The first-order valence-electron chi connectivity index (χ1n) is 20.2. The Kier molecular flexibility index (Phi) is 9.09. The summed E-state index contributed by atoms with van der Waals surface area (Å²) in [5.41, 5.74) is 14.9. The lowest BCUT2D eigenvalue weighted by Gasteiger charge is -2.22. The minimum absolute atomic E-state index is 1.19. The molecule has 10 aromatic rings. The number of benzene rings is 10. The highest BCUT2D eigenvalue weighted by atomic mass is 14.2. The highest BCUT2D eigenvalue weighted by molar-refractivity contribution is 6.30. The number of rotatable bonds is 7. The first-order valence-corrected chi connectivity index (χ1v) is 20.2. The van der Waals surface area contributed by atoms with E-state index in [2.05, 4.69) is 232 Å². The van der Waals surface area contributed by atoms with E-state index in [1.165, 1.54) is 110 Å². The van der Waals surface area contributed by atoms with Crippen molar-refractivity contribution in [1.29, 1.82) is 0 Å². The van der Waals surface area contributed by atoms with E-state index in [1.807, 2.05) is 0 Å². The van der Waals surface area contributed by atoms with Gasteiger partial charge in [-0.05, 0) is 136 Å². The molecule has 0 nitrogen and oxygen atoms in total. The van der Waals surface area contributed by atoms with Crippen LogP contribution in [0.15, 0.2) is 206 Å². The van der Waals surface area contributed by atoms with Crippen molar-refractivity contribution in [2.45, 2.75) is 13.8 Å². The quantitative estimate of drug-likeness (QED) is 0.113. The maximum absolute atomic E-state index is 2.35. The van der Waals surface area contributed by atoms with Gasteiger partial charge in [-0.1, -0.05) is 206 Å². The van der Waals surface area contributed by atoms with Crippen molar-refractivity contribution in [3.8, 4) is 33.4 Å². The molecule has 0 heteroatoms. The minimum Gasteiger partial charge on any atom is -0.0622 e. The van der Waals surface area contributed by atoms with E-state index in [-0.39, 0.29) is 0 Å². The summed E-state index contributed by atoms with van der Waals surface area (Å²) in [7, 11) is 0. The first kappa shape index (κ1) is 35.2. The van der Waals surface area contributed by atoms with Gasteiger partial charge in [0.2, 0.25) is 0 Å². The van der Waals surface area contributed by atoms with E-state index >= 15 is 0 Å². The fraction of sp³-hybridized carbons (Fsp3) is 0.0345. The normalized spacial score (nSPS) is 12.2. The molecule has 0 heterocycles. The minimum atomic E-state index is 1.19. The average Bonchev–Trinajstić information content (AvgIpc) is 3.28. The second kappa shape index (κ2) is 15.0. The van der Waals surface area contributed by atoms with Gasteiger partial charge in [0, 0.05) is 0 Å². The topological polar surface area (TPSA) is 0 Å². The largest absolute Gasteiger partial charge is 0.0622 e. The standard InChI is InChI=1S/C58H42/c1-39(43-21-5-3-6-22-43)35-41-19-17-25-45(37-41)55-47-27-9-13-31-51(47)57(52-32-14-10-28-48(52)55)58-53-33-15-11-29-49(53)56(50-30-12-16-34-54(50)58)46-26-18-20-42(38-46)36-40(2)44-23-7-4-8-24-44/h3-38H,1-2H3/b39-35+,40-36+. The maximum Gasteiger partial charge on any atom is -0.00139 e. The molecule has 10 rings (SSSR count). The number of allylic oxidation sites excluding steroid dienone is 2. The van der Waals surface area contributed by atoms with E-state index in [0.717, 1.165) is 0 Å². The lowest BCUT2D eigenvalue weighted by Crippen LogP contribution is -1.95. The molecule has 0 aliphatic carbocycles. The van der Waals surface area contributed by atoms with Gasteiger partial charge in [-0.2, -0.15) is 0 Å². The summed E-state index contributed by atoms with van der Waals surface area (Å²) >= 11 is 0. The van der Waals surface area contributed by atoms with Gasteiger partial charge in [0.15, 0.2) is 0 Å². The molecule has 0 bridgehead atoms. The third kappa shape index (κ3) is 6.30. The molecule has 0 aromatic heterocycles. The van der Waals surface area contributed by atoms with Crippen molar-refractivity contribution in [2.75, 3.05) is 0 Å². The highest BCUT2D eigenvalue weighted by Crippen LogP contribution is 2.50. The molecule has 0 aliphatic rings. The monoisotopic (exact) mass is 738 g/mol. The third-order valence-electron chi connectivity index (χ3n) is 11.7. The van der Waals surface area contributed by atoms with Crippen LogP contribution >= 0.6 is 0 Å². The van der Waals surface area contributed by atoms with Crippen molar-refractivity contribution >= 4 is 66.4 Å². The smallest absolute Gasteiger partial charge is 0.00139 e. The Hall–Kier alpha value is -7.28. The molecular weight excluding hydrogens is 697 g/mol. The van der Waals surface area contributed by atoms with Crippen LogP contribution in [0.2, 0.25) is 0 Å². The van der Waals surface area contributed by atoms with Crippen LogP contribution in [-0.2, 0) is 0 Å². The van der Waals surface area contributed by atoms with Crippen molar-refractivity contribution in [3.63, 3.8) is 0 Å². The molecular formula is C58H42. The van der Waals surface area contributed by atoms with Gasteiger partial charge >= 0.3 is 0 Å². The maximum atomic E-state index is 2.35. The molecule has 274 valence electrons. The number of hydrogen-bond acceptors (Lipinski definition) is 0. The van der Waals surface area contributed by atoms with Crippen LogP contribution in [-0.4, -0.2) is 0 Å². The SMILES string of the molecule is C/C(=C\c1cccc(-c2c3ccccc3c(-c3c4ccccc4c(-c4cccc(/C=C(\C)c5ccccc5)c4)c4ccccc34)c3ccccc23)c1)c1ccccc1. The van der Waals surface area contributed by atoms with Gasteiger partial charge in [-0.15, -0.1) is 0 Å².